The predicted molar refractivity (Wildman–Crippen MR) is 76.4 cm³/mol. The van der Waals surface area contributed by atoms with Crippen LogP contribution in [0.25, 0.3) is 0 Å². The maximum Gasteiger partial charge on any atom is 0.307 e. The number of hydrogen-bond donors (Lipinski definition) is 1. The Hall–Kier alpha value is -1.95. The summed E-state index contributed by atoms with van der Waals surface area (Å²) >= 11 is 1.09. The molecule has 20 heavy (non-hydrogen) atoms. The summed E-state index contributed by atoms with van der Waals surface area (Å²) in [7, 11) is 0. The van der Waals surface area contributed by atoms with Gasteiger partial charge in [0.2, 0.25) is 5.91 Å². The number of amides is 1. The summed E-state index contributed by atoms with van der Waals surface area (Å²) in [6, 6.07) is 6.17. The van der Waals surface area contributed by atoms with E-state index in [4.69, 9.17) is 0 Å². The number of halogens is 1. The van der Waals surface area contributed by atoms with E-state index in [1.54, 1.807) is 24.4 Å². The number of nitrogens with one attached hydrogen (secondary N) is 1. The Morgan fingerprint density at radius 1 is 1.35 bits per heavy atom. The molecule has 1 N–H and O–H groups in total. The van der Waals surface area contributed by atoms with Gasteiger partial charge in [0.15, 0.2) is 0 Å². The van der Waals surface area contributed by atoms with Gasteiger partial charge in [-0.05, 0) is 31.0 Å². The van der Waals surface area contributed by atoms with Crippen LogP contribution in [-0.4, -0.2) is 17.0 Å². The molecule has 1 aromatic heterocycles. The SMILES string of the molecule is Cc1csc(=O)n1CC(=O)NCCc1ccc(F)cc1. The van der Waals surface area contributed by atoms with Crippen molar-refractivity contribution in [2.45, 2.75) is 19.9 Å². The maximum absolute atomic E-state index is 12.7. The zero-order valence-corrected chi connectivity index (χ0v) is 11.9. The molecular weight excluding hydrogens is 279 g/mol. The Bertz CT molecular complexity index is 646. The predicted octanol–water partition coefficient (Wildman–Crippen LogP) is 1.72. The number of nitrogens with zero attached hydrogens (tertiary/aromatic N) is 1. The van der Waals surface area contributed by atoms with E-state index in [0.29, 0.717) is 13.0 Å². The summed E-state index contributed by atoms with van der Waals surface area (Å²) in [6.07, 6.45) is 0.629. The van der Waals surface area contributed by atoms with Gasteiger partial charge in [0.25, 0.3) is 0 Å². The van der Waals surface area contributed by atoms with Crippen LogP contribution in [-0.2, 0) is 17.8 Å². The third-order valence-electron chi connectivity index (χ3n) is 2.93. The van der Waals surface area contributed by atoms with Crippen LogP contribution >= 0.6 is 11.3 Å². The number of hydrogen-bond acceptors (Lipinski definition) is 3. The first-order valence-corrected chi connectivity index (χ1v) is 7.10. The molecule has 0 aliphatic heterocycles. The second-order valence-corrected chi connectivity index (χ2v) is 5.28. The molecule has 0 aliphatic rings. The molecule has 6 heteroatoms. The Balaban J connectivity index is 1.81. The van der Waals surface area contributed by atoms with Crippen LogP contribution in [0.3, 0.4) is 0 Å². The number of carbonyl (C=O) groups excluding carboxylic acids is 1. The van der Waals surface area contributed by atoms with E-state index in [1.807, 2.05) is 0 Å². The van der Waals surface area contributed by atoms with Crippen LogP contribution in [0.1, 0.15) is 11.3 Å². The summed E-state index contributed by atoms with van der Waals surface area (Å²) in [5, 5.41) is 4.48. The van der Waals surface area contributed by atoms with Crippen LogP contribution in [0.4, 0.5) is 4.39 Å². The molecule has 2 aromatic rings. The molecule has 2 rings (SSSR count). The van der Waals surface area contributed by atoms with E-state index in [1.165, 1.54) is 16.7 Å². The average Bonchev–Trinajstić information content (AvgIpc) is 2.73. The van der Waals surface area contributed by atoms with Crippen LogP contribution in [0.5, 0.6) is 0 Å². The van der Waals surface area contributed by atoms with Gasteiger partial charge in [0.05, 0.1) is 0 Å². The van der Waals surface area contributed by atoms with Crippen molar-refractivity contribution in [1.29, 1.82) is 0 Å². The van der Waals surface area contributed by atoms with E-state index < -0.39 is 0 Å². The molecular formula is C14H15FN2O2S. The van der Waals surface area contributed by atoms with Gasteiger partial charge in [0, 0.05) is 17.6 Å². The quantitative estimate of drug-likeness (QED) is 0.913. The highest BCUT2D eigenvalue weighted by atomic mass is 32.1. The van der Waals surface area contributed by atoms with Crippen molar-refractivity contribution in [3.8, 4) is 0 Å². The summed E-state index contributed by atoms with van der Waals surface area (Å²) in [4.78, 5) is 23.1. The van der Waals surface area contributed by atoms with Crippen molar-refractivity contribution in [3.05, 3.63) is 56.4 Å². The number of aryl methyl sites for hydroxylation is 1. The lowest BCUT2D eigenvalue weighted by Crippen LogP contribution is -2.32. The molecule has 4 nitrogen and oxygen atoms in total. The Morgan fingerprint density at radius 2 is 2.05 bits per heavy atom. The van der Waals surface area contributed by atoms with Gasteiger partial charge in [-0.25, -0.2) is 4.39 Å². The third-order valence-corrected chi connectivity index (χ3v) is 3.81. The zero-order valence-electron chi connectivity index (χ0n) is 11.1. The molecule has 0 unspecified atom stereocenters. The Labute approximate surface area is 119 Å². The normalized spacial score (nSPS) is 10.5. The molecule has 0 bridgehead atoms. The highest BCUT2D eigenvalue weighted by molar-refractivity contribution is 7.07. The van der Waals surface area contributed by atoms with Gasteiger partial charge in [0.1, 0.15) is 12.4 Å². The van der Waals surface area contributed by atoms with E-state index in [-0.39, 0.29) is 23.1 Å². The summed E-state index contributed by atoms with van der Waals surface area (Å²) in [5.74, 6) is -0.471. The van der Waals surface area contributed by atoms with Crippen LogP contribution in [0.2, 0.25) is 0 Å². The lowest BCUT2D eigenvalue weighted by molar-refractivity contribution is -0.121. The summed E-state index contributed by atoms with van der Waals surface area (Å²) in [6.45, 7) is 2.30. The molecule has 0 atom stereocenters. The van der Waals surface area contributed by atoms with Gasteiger partial charge in [-0.1, -0.05) is 23.5 Å². The van der Waals surface area contributed by atoms with Crippen LogP contribution in [0, 0.1) is 12.7 Å². The molecule has 1 heterocycles. The number of rotatable bonds is 5. The minimum Gasteiger partial charge on any atom is -0.354 e. The summed E-state index contributed by atoms with van der Waals surface area (Å²) in [5.41, 5.74) is 1.74. The minimum absolute atomic E-state index is 0.0393. The fourth-order valence-corrected chi connectivity index (χ4v) is 2.53. The third kappa shape index (κ3) is 3.77. The molecule has 0 aliphatic carbocycles. The van der Waals surface area contributed by atoms with E-state index in [9.17, 15) is 14.0 Å². The lowest BCUT2D eigenvalue weighted by Gasteiger charge is -2.07. The van der Waals surface area contributed by atoms with Gasteiger partial charge in [-0.3, -0.25) is 14.2 Å². The summed E-state index contributed by atoms with van der Waals surface area (Å²) < 4.78 is 14.2. The fourth-order valence-electron chi connectivity index (χ4n) is 1.79. The van der Waals surface area contributed by atoms with Crippen molar-refractivity contribution in [1.82, 2.24) is 9.88 Å². The molecule has 0 spiro atoms. The largest absolute Gasteiger partial charge is 0.354 e. The molecule has 106 valence electrons. The lowest BCUT2D eigenvalue weighted by atomic mass is 10.1. The number of aromatic nitrogens is 1. The van der Waals surface area contributed by atoms with Crippen molar-refractivity contribution in [2.75, 3.05) is 6.54 Å². The first-order chi connectivity index (χ1) is 9.56. The number of thiazole rings is 1. The van der Waals surface area contributed by atoms with Crippen molar-refractivity contribution in [2.24, 2.45) is 0 Å². The first kappa shape index (κ1) is 14.5. The second kappa shape index (κ2) is 6.47. The minimum atomic E-state index is -0.273. The smallest absolute Gasteiger partial charge is 0.307 e. The molecule has 0 saturated carbocycles. The Kier molecular flexibility index (Phi) is 4.68. The van der Waals surface area contributed by atoms with Crippen molar-refractivity contribution in [3.63, 3.8) is 0 Å². The van der Waals surface area contributed by atoms with Gasteiger partial charge >= 0.3 is 4.87 Å². The highest BCUT2D eigenvalue weighted by Gasteiger charge is 2.07. The van der Waals surface area contributed by atoms with Gasteiger partial charge < -0.3 is 5.32 Å². The molecule has 0 fully saturated rings. The van der Waals surface area contributed by atoms with Gasteiger partial charge in [-0.2, -0.15) is 0 Å². The highest BCUT2D eigenvalue weighted by Crippen LogP contribution is 2.03. The van der Waals surface area contributed by atoms with E-state index in [0.717, 1.165) is 22.6 Å². The zero-order chi connectivity index (χ0) is 14.5. The van der Waals surface area contributed by atoms with E-state index in [2.05, 4.69) is 5.32 Å². The molecule has 0 saturated heterocycles. The second-order valence-electron chi connectivity index (χ2n) is 4.46. The van der Waals surface area contributed by atoms with Crippen LogP contribution < -0.4 is 10.2 Å². The van der Waals surface area contributed by atoms with Gasteiger partial charge in [-0.15, -0.1) is 0 Å². The topological polar surface area (TPSA) is 51.1 Å². The van der Waals surface area contributed by atoms with Crippen molar-refractivity contribution < 1.29 is 9.18 Å². The monoisotopic (exact) mass is 294 g/mol. The molecule has 1 aromatic carbocycles. The maximum atomic E-state index is 12.7. The molecule has 1 amide bonds. The number of benzene rings is 1. The Morgan fingerprint density at radius 3 is 2.65 bits per heavy atom. The first-order valence-electron chi connectivity index (χ1n) is 6.22. The molecule has 0 radical (unpaired) electrons. The number of carbonyl (C=O) groups is 1. The van der Waals surface area contributed by atoms with Crippen molar-refractivity contribution >= 4 is 17.2 Å². The standard InChI is InChI=1S/C14H15FN2O2S/c1-10-9-20-14(19)17(10)8-13(18)16-7-6-11-2-4-12(15)5-3-11/h2-5,9H,6-8H2,1H3,(H,16,18). The van der Waals surface area contributed by atoms with Crippen LogP contribution in [0.15, 0.2) is 34.4 Å². The fraction of sp³-hybridized carbons (Fsp3) is 0.286. The van der Waals surface area contributed by atoms with E-state index >= 15 is 0 Å². The average molecular weight is 294 g/mol.